The summed E-state index contributed by atoms with van der Waals surface area (Å²) in [6, 6.07) is 4.12. The van der Waals surface area contributed by atoms with Crippen LogP contribution in [0.4, 0.5) is 5.13 Å². The summed E-state index contributed by atoms with van der Waals surface area (Å²) in [6.45, 7) is 2.62. The molecule has 1 N–H and O–H groups in total. The molecule has 6 heteroatoms. The minimum atomic E-state index is 0.734. The molecule has 3 aromatic rings. The Hall–Kier alpha value is -1.95. The van der Waals surface area contributed by atoms with E-state index in [0.29, 0.717) is 0 Å². The smallest absolute Gasteiger partial charge is 0.202 e. The van der Waals surface area contributed by atoms with Crippen LogP contribution >= 0.6 is 11.5 Å². The van der Waals surface area contributed by atoms with E-state index in [4.69, 9.17) is 0 Å². The van der Waals surface area contributed by atoms with E-state index in [1.165, 1.54) is 17.1 Å². The first-order valence-corrected chi connectivity index (χ1v) is 6.04. The predicted molar refractivity (Wildman–Crippen MR) is 67.2 cm³/mol. The Labute approximate surface area is 102 Å². The topological polar surface area (TPSA) is 55.1 Å². The molecule has 3 aromatic heterocycles. The number of nitrogens with one attached hydrogen (secondary N) is 1. The number of hydrogen-bond donors (Lipinski definition) is 1. The molecule has 0 spiro atoms. The van der Waals surface area contributed by atoms with Gasteiger partial charge in [0.1, 0.15) is 11.5 Å². The second-order valence-corrected chi connectivity index (χ2v) is 4.48. The number of rotatable bonds is 3. The normalized spacial score (nSPS) is 10.9. The Morgan fingerprint density at radius 2 is 2.35 bits per heavy atom. The SMILES string of the molecule is Cc1nsc(NCc2ccn3ccnc3c2)n1. The van der Waals surface area contributed by atoms with Crippen molar-refractivity contribution in [1.29, 1.82) is 0 Å². The molecule has 0 fully saturated rings. The lowest BCUT2D eigenvalue weighted by atomic mass is 10.2. The highest BCUT2D eigenvalue weighted by molar-refractivity contribution is 7.09. The van der Waals surface area contributed by atoms with Crippen LogP contribution in [0.15, 0.2) is 30.7 Å². The number of aryl methyl sites for hydroxylation is 1. The summed E-state index contributed by atoms with van der Waals surface area (Å²) in [4.78, 5) is 8.50. The average molecular weight is 245 g/mol. The highest BCUT2D eigenvalue weighted by Gasteiger charge is 2.00. The summed E-state index contributed by atoms with van der Waals surface area (Å²) in [7, 11) is 0. The minimum Gasteiger partial charge on any atom is -0.356 e. The van der Waals surface area contributed by atoms with Crippen molar-refractivity contribution in [2.45, 2.75) is 13.5 Å². The minimum absolute atomic E-state index is 0.734. The molecule has 0 unspecified atom stereocenters. The van der Waals surface area contributed by atoms with Gasteiger partial charge in [0.05, 0.1) is 0 Å². The molecule has 3 heterocycles. The van der Waals surface area contributed by atoms with Crippen LogP contribution in [-0.4, -0.2) is 18.7 Å². The summed E-state index contributed by atoms with van der Waals surface area (Å²) in [6.07, 6.45) is 5.73. The summed E-state index contributed by atoms with van der Waals surface area (Å²) in [5.41, 5.74) is 2.13. The molecule has 0 amide bonds. The van der Waals surface area contributed by atoms with Crippen LogP contribution in [0, 0.1) is 6.92 Å². The Bertz CT molecular complexity index is 642. The largest absolute Gasteiger partial charge is 0.356 e. The standard InChI is InChI=1S/C11H11N5S/c1-8-14-11(17-15-8)13-7-9-2-4-16-5-3-12-10(16)6-9/h2-6H,7H2,1H3,(H,13,14,15). The van der Waals surface area contributed by atoms with Gasteiger partial charge in [0.25, 0.3) is 0 Å². The number of pyridine rings is 1. The molecule has 0 aliphatic carbocycles. The van der Waals surface area contributed by atoms with Crippen molar-refractivity contribution in [2.75, 3.05) is 5.32 Å². The maximum absolute atomic E-state index is 4.25. The van der Waals surface area contributed by atoms with E-state index in [1.54, 1.807) is 6.20 Å². The Morgan fingerprint density at radius 1 is 1.41 bits per heavy atom. The first-order chi connectivity index (χ1) is 8.31. The monoisotopic (exact) mass is 245 g/mol. The fraction of sp³-hybridized carbons (Fsp3) is 0.182. The zero-order valence-corrected chi connectivity index (χ0v) is 10.1. The molecule has 0 saturated heterocycles. The zero-order chi connectivity index (χ0) is 11.7. The Kier molecular flexibility index (Phi) is 2.49. The lowest BCUT2D eigenvalue weighted by Crippen LogP contribution is -1.99. The molecule has 3 rings (SSSR count). The average Bonchev–Trinajstić information content (AvgIpc) is 2.94. The lowest BCUT2D eigenvalue weighted by molar-refractivity contribution is 1.08. The van der Waals surface area contributed by atoms with E-state index in [-0.39, 0.29) is 0 Å². The van der Waals surface area contributed by atoms with Gasteiger partial charge in [-0.3, -0.25) is 0 Å². The summed E-state index contributed by atoms with van der Waals surface area (Å²) in [5.74, 6) is 0.807. The molecule has 0 atom stereocenters. The summed E-state index contributed by atoms with van der Waals surface area (Å²) >= 11 is 1.38. The van der Waals surface area contributed by atoms with Crippen LogP contribution in [0.5, 0.6) is 0 Å². The molecule has 17 heavy (non-hydrogen) atoms. The zero-order valence-electron chi connectivity index (χ0n) is 9.29. The van der Waals surface area contributed by atoms with E-state index in [0.717, 1.165) is 23.1 Å². The van der Waals surface area contributed by atoms with Gasteiger partial charge < -0.3 is 9.72 Å². The van der Waals surface area contributed by atoms with Gasteiger partial charge in [-0.15, -0.1) is 0 Å². The fourth-order valence-electron chi connectivity index (χ4n) is 1.61. The van der Waals surface area contributed by atoms with Crippen LogP contribution in [0.3, 0.4) is 0 Å². The van der Waals surface area contributed by atoms with E-state index < -0.39 is 0 Å². The highest BCUT2D eigenvalue weighted by atomic mass is 32.1. The molecule has 5 nitrogen and oxygen atoms in total. The molecule has 0 radical (unpaired) electrons. The molecule has 0 aromatic carbocycles. The van der Waals surface area contributed by atoms with Gasteiger partial charge in [-0.2, -0.15) is 4.37 Å². The summed E-state index contributed by atoms with van der Waals surface area (Å²) < 4.78 is 6.11. The molecular formula is C11H11N5S. The number of aromatic nitrogens is 4. The third-order valence-electron chi connectivity index (χ3n) is 2.43. The van der Waals surface area contributed by atoms with Gasteiger partial charge in [0.2, 0.25) is 5.13 Å². The van der Waals surface area contributed by atoms with Gasteiger partial charge in [-0.05, 0) is 24.6 Å². The molecular weight excluding hydrogens is 234 g/mol. The molecule has 0 aliphatic heterocycles. The van der Waals surface area contributed by atoms with Gasteiger partial charge in [-0.1, -0.05) is 0 Å². The fourth-order valence-corrected chi connectivity index (χ4v) is 2.18. The van der Waals surface area contributed by atoms with Crippen molar-refractivity contribution in [3.05, 3.63) is 42.1 Å². The third kappa shape index (κ3) is 2.12. The Morgan fingerprint density at radius 3 is 3.18 bits per heavy atom. The lowest BCUT2D eigenvalue weighted by Gasteiger charge is -2.02. The van der Waals surface area contributed by atoms with Gasteiger partial charge in [-0.25, -0.2) is 9.97 Å². The number of anilines is 1. The third-order valence-corrected chi connectivity index (χ3v) is 3.20. The number of hydrogen-bond acceptors (Lipinski definition) is 5. The molecule has 0 bridgehead atoms. The van der Waals surface area contributed by atoms with Crippen molar-refractivity contribution < 1.29 is 0 Å². The van der Waals surface area contributed by atoms with Gasteiger partial charge in [0.15, 0.2) is 0 Å². The maximum atomic E-state index is 4.25. The number of nitrogens with zero attached hydrogens (tertiary/aromatic N) is 4. The van der Waals surface area contributed by atoms with Crippen LogP contribution < -0.4 is 5.32 Å². The number of imidazole rings is 1. The van der Waals surface area contributed by atoms with Crippen LogP contribution in [0.25, 0.3) is 5.65 Å². The van der Waals surface area contributed by atoms with Gasteiger partial charge in [0, 0.05) is 36.7 Å². The molecule has 0 aliphatic rings. The predicted octanol–water partition coefficient (Wildman–Crippen LogP) is 2.11. The Balaban J connectivity index is 1.76. The van der Waals surface area contributed by atoms with E-state index >= 15 is 0 Å². The van der Waals surface area contributed by atoms with Crippen LogP contribution in [0.2, 0.25) is 0 Å². The van der Waals surface area contributed by atoms with Crippen LogP contribution in [0.1, 0.15) is 11.4 Å². The second kappa shape index (κ2) is 4.14. The molecule has 0 saturated carbocycles. The second-order valence-electron chi connectivity index (χ2n) is 3.73. The maximum Gasteiger partial charge on any atom is 0.202 e. The summed E-state index contributed by atoms with van der Waals surface area (Å²) in [5, 5.41) is 4.10. The first-order valence-electron chi connectivity index (χ1n) is 5.27. The quantitative estimate of drug-likeness (QED) is 0.767. The van der Waals surface area contributed by atoms with Crippen molar-refractivity contribution in [1.82, 2.24) is 18.7 Å². The molecule has 86 valence electrons. The highest BCUT2D eigenvalue weighted by Crippen LogP contribution is 2.12. The number of fused-ring (bicyclic) bond motifs is 1. The van der Waals surface area contributed by atoms with E-state index in [1.807, 2.05) is 23.7 Å². The van der Waals surface area contributed by atoms with Crippen molar-refractivity contribution >= 4 is 22.3 Å². The van der Waals surface area contributed by atoms with Gasteiger partial charge >= 0.3 is 0 Å². The van der Waals surface area contributed by atoms with E-state index in [9.17, 15) is 0 Å². The van der Waals surface area contributed by atoms with Crippen LogP contribution in [-0.2, 0) is 6.54 Å². The van der Waals surface area contributed by atoms with E-state index in [2.05, 4.69) is 31.8 Å². The van der Waals surface area contributed by atoms with Crippen molar-refractivity contribution in [3.63, 3.8) is 0 Å². The van der Waals surface area contributed by atoms with Crippen molar-refractivity contribution in [2.24, 2.45) is 0 Å². The van der Waals surface area contributed by atoms with Crippen molar-refractivity contribution in [3.8, 4) is 0 Å². The first kappa shape index (κ1) is 10.2.